The number of carbonyl (C=O) groups is 7. The molecule has 0 heterocycles. The van der Waals surface area contributed by atoms with Crippen molar-refractivity contribution < 1.29 is 56.9 Å². The standard InChI is InChI=1S/C63H90N4O12Si/c1-18-36-75-54(68)38-65(13)59(71)52(37-46-28-22-21-23-29-46)67(15)58(70)44(8)64-57(69)56(41(5)20-3)78-60(72)42(6)34-35-53(79-80(16,17)63(10,11)12)43(7)55(40(4)19-2)77-61(73)45(9)66(14)62(74)76-39-51-49-32-26-24-30-47(49)48-31-25-27-33-50(48)51/h18,21-34,40-41,43-45,51-53,55-56H,1,19-20,35-39H2,2-17H3,(H,64,69)/b42-34+/t40-,41-,43-,44-,45-,52+,53-,55-,56+/m0/s1. The molecule has 3 aromatic rings. The summed E-state index contributed by atoms with van der Waals surface area (Å²) < 4.78 is 30.5. The fourth-order valence-electron chi connectivity index (χ4n) is 9.35. The fraction of sp³-hybridized carbons (Fsp3) is 0.540. The molecule has 9 atom stereocenters. The maximum absolute atomic E-state index is 14.2. The number of hydrogen-bond donors (Lipinski definition) is 1. The number of likely N-dealkylation sites (N-methyl/N-ethyl adjacent to an activating group) is 3. The topological polar surface area (TPSA) is 187 Å². The van der Waals surface area contributed by atoms with Crippen LogP contribution in [0.4, 0.5) is 4.79 Å². The summed E-state index contributed by atoms with van der Waals surface area (Å²) in [5.74, 6) is -4.88. The van der Waals surface area contributed by atoms with Gasteiger partial charge >= 0.3 is 24.0 Å². The number of ether oxygens (including phenoxy) is 4. The Morgan fingerprint density at radius 2 is 1.31 bits per heavy atom. The molecule has 17 heteroatoms. The van der Waals surface area contributed by atoms with Crippen LogP contribution in [-0.2, 0) is 58.6 Å². The monoisotopic (exact) mass is 1120 g/mol. The maximum atomic E-state index is 14.2. The fourth-order valence-corrected chi connectivity index (χ4v) is 10.8. The van der Waals surface area contributed by atoms with Gasteiger partial charge in [0.05, 0.1) is 6.10 Å². The van der Waals surface area contributed by atoms with Crippen molar-refractivity contribution in [3.8, 4) is 11.1 Å². The van der Waals surface area contributed by atoms with Gasteiger partial charge in [0.15, 0.2) is 14.4 Å². The number of fused-ring (bicyclic) bond motifs is 3. The lowest BCUT2D eigenvalue weighted by Gasteiger charge is -2.43. The molecule has 0 aliphatic heterocycles. The zero-order valence-electron chi connectivity index (χ0n) is 50.3. The van der Waals surface area contributed by atoms with Crippen LogP contribution < -0.4 is 5.32 Å². The normalized spacial score (nSPS) is 15.9. The number of amides is 4. The summed E-state index contributed by atoms with van der Waals surface area (Å²) in [4.78, 5) is 100. The second-order valence-corrected chi connectivity index (χ2v) is 27.8. The molecule has 1 aliphatic rings. The molecule has 0 aromatic heterocycles. The van der Waals surface area contributed by atoms with Gasteiger partial charge in [0.25, 0.3) is 5.91 Å². The van der Waals surface area contributed by atoms with Gasteiger partial charge in [-0.1, -0.05) is 159 Å². The van der Waals surface area contributed by atoms with Crippen molar-refractivity contribution >= 4 is 50.0 Å². The third-order valence-electron chi connectivity index (χ3n) is 16.2. The quantitative estimate of drug-likeness (QED) is 0.0239. The second kappa shape index (κ2) is 29.7. The van der Waals surface area contributed by atoms with Crippen molar-refractivity contribution in [3.63, 3.8) is 0 Å². The van der Waals surface area contributed by atoms with Crippen LogP contribution in [-0.4, -0.2) is 142 Å². The van der Waals surface area contributed by atoms with Gasteiger partial charge in [-0.3, -0.25) is 24.1 Å². The van der Waals surface area contributed by atoms with E-state index in [1.165, 1.54) is 48.8 Å². The Balaban J connectivity index is 1.50. The molecule has 0 saturated carbocycles. The number of hydrogen-bond acceptors (Lipinski definition) is 12. The minimum Gasteiger partial charge on any atom is -0.460 e. The van der Waals surface area contributed by atoms with Gasteiger partial charge < -0.3 is 38.5 Å². The highest BCUT2D eigenvalue weighted by atomic mass is 28.4. The predicted octanol–water partition coefficient (Wildman–Crippen LogP) is 10.3. The Morgan fingerprint density at radius 1 is 0.750 bits per heavy atom. The number of rotatable bonds is 28. The molecule has 1 N–H and O–H groups in total. The summed E-state index contributed by atoms with van der Waals surface area (Å²) in [6, 6.07) is 22.1. The lowest BCUT2D eigenvalue weighted by atomic mass is 9.86. The summed E-state index contributed by atoms with van der Waals surface area (Å²) >= 11 is 0. The van der Waals surface area contributed by atoms with Crippen LogP contribution in [0.25, 0.3) is 11.1 Å². The zero-order chi connectivity index (χ0) is 59.8. The SMILES string of the molecule is C=CCOC(=O)CN(C)C(=O)[C@@H](Cc1ccccc1)N(C)C(=O)[C@H](C)NC(=O)[C@H](OC(=O)/C(C)=C/C[C@H](O[Si](C)(C)C(C)(C)C)[C@H](C)[C@@H](OC(=O)[C@H](C)N(C)C(=O)OCC1c2ccccc2-c2ccccc21)[C@@H](C)CC)[C@@H](C)CC. The minimum absolute atomic E-state index is 0.0194. The van der Waals surface area contributed by atoms with Crippen LogP contribution in [0.1, 0.15) is 118 Å². The number of nitrogens with zero attached hydrogens (tertiary/aromatic N) is 3. The van der Waals surface area contributed by atoms with E-state index >= 15 is 0 Å². The summed E-state index contributed by atoms with van der Waals surface area (Å²) in [6.45, 7) is 28.3. The first kappa shape index (κ1) is 65.9. The number of carbonyl (C=O) groups excluding carboxylic acids is 7. The largest absolute Gasteiger partial charge is 0.460 e. The average Bonchev–Trinajstić information content (AvgIpc) is 3.96. The number of benzene rings is 3. The molecule has 4 rings (SSSR count). The summed E-state index contributed by atoms with van der Waals surface area (Å²) in [5, 5.41) is 2.53. The van der Waals surface area contributed by atoms with E-state index in [-0.39, 0.29) is 55.0 Å². The lowest BCUT2D eigenvalue weighted by molar-refractivity contribution is -0.162. The van der Waals surface area contributed by atoms with Gasteiger partial charge in [0.1, 0.15) is 44.0 Å². The summed E-state index contributed by atoms with van der Waals surface area (Å²) in [7, 11) is 1.94. The molecule has 4 amide bonds. The molecule has 3 aromatic carbocycles. The molecular weight excluding hydrogens is 1030 g/mol. The van der Waals surface area contributed by atoms with E-state index in [2.05, 4.69) is 57.9 Å². The molecule has 0 bridgehead atoms. The van der Waals surface area contributed by atoms with E-state index < -0.39 is 98.3 Å². The zero-order valence-corrected chi connectivity index (χ0v) is 51.3. The van der Waals surface area contributed by atoms with Gasteiger partial charge in [0.2, 0.25) is 11.8 Å². The van der Waals surface area contributed by atoms with E-state index in [1.807, 2.05) is 94.4 Å². The molecule has 80 heavy (non-hydrogen) atoms. The highest BCUT2D eigenvalue weighted by molar-refractivity contribution is 6.74. The van der Waals surface area contributed by atoms with Crippen LogP contribution >= 0.6 is 0 Å². The number of nitrogens with one attached hydrogen (secondary N) is 1. The van der Waals surface area contributed by atoms with Crippen molar-refractivity contribution in [2.24, 2.45) is 17.8 Å². The van der Waals surface area contributed by atoms with Gasteiger partial charge in [-0.2, -0.15) is 0 Å². The van der Waals surface area contributed by atoms with Gasteiger partial charge in [-0.25, -0.2) is 14.4 Å². The first-order chi connectivity index (χ1) is 37.6. The second-order valence-electron chi connectivity index (χ2n) is 23.0. The number of esters is 3. The molecule has 1 aliphatic carbocycles. The average molecular weight is 1120 g/mol. The Labute approximate surface area is 477 Å². The van der Waals surface area contributed by atoms with Crippen LogP contribution in [0.2, 0.25) is 18.1 Å². The van der Waals surface area contributed by atoms with E-state index in [0.29, 0.717) is 12.8 Å². The predicted molar refractivity (Wildman–Crippen MR) is 314 cm³/mol. The molecule has 16 nitrogen and oxygen atoms in total. The van der Waals surface area contributed by atoms with E-state index in [4.69, 9.17) is 23.4 Å². The Morgan fingerprint density at radius 3 is 1.86 bits per heavy atom. The Hall–Kier alpha value is -6.59. The molecule has 0 spiro atoms. The molecule has 0 radical (unpaired) electrons. The van der Waals surface area contributed by atoms with E-state index in [9.17, 15) is 33.6 Å². The van der Waals surface area contributed by atoms with Crippen molar-refractivity contribution in [2.45, 2.75) is 162 Å². The highest BCUT2D eigenvalue weighted by Gasteiger charge is 2.43. The van der Waals surface area contributed by atoms with Crippen LogP contribution in [0.3, 0.4) is 0 Å². The Bertz CT molecular complexity index is 2610. The third kappa shape index (κ3) is 17.2. The highest BCUT2D eigenvalue weighted by Crippen LogP contribution is 2.45. The van der Waals surface area contributed by atoms with Crippen molar-refractivity contribution in [3.05, 3.63) is 120 Å². The van der Waals surface area contributed by atoms with Gasteiger partial charge in [-0.15, -0.1) is 0 Å². The molecule has 0 fully saturated rings. The maximum Gasteiger partial charge on any atom is 0.410 e. The van der Waals surface area contributed by atoms with Crippen LogP contribution in [0.5, 0.6) is 0 Å². The summed E-state index contributed by atoms with van der Waals surface area (Å²) in [5.41, 5.74) is 5.37. The first-order valence-corrected chi connectivity index (χ1v) is 31.0. The first-order valence-electron chi connectivity index (χ1n) is 28.1. The lowest BCUT2D eigenvalue weighted by Crippen LogP contribution is -2.56. The van der Waals surface area contributed by atoms with Gasteiger partial charge in [0, 0.05) is 50.9 Å². The molecule has 0 unspecified atom stereocenters. The Kier molecular flexibility index (Phi) is 24.5. The smallest absolute Gasteiger partial charge is 0.410 e. The third-order valence-corrected chi connectivity index (χ3v) is 20.7. The van der Waals surface area contributed by atoms with E-state index in [1.54, 1.807) is 26.8 Å². The van der Waals surface area contributed by atoms with E-state index in [0.717, 1.165) is 27.8 Å². The molecular formula is C63H90N4O12Si. The van der Waals surface area contributed by atoms with Crippen LogP contribution in [0.15, 0.2) is 103 Å². The summed E-state index contributed by atoms with van der Waals surface area (Å²) in [6.07, 6.45) is 1.51. The minimum atomic E-state index is -2.51. The van der Waals surface area contributed by atoms with Gasteiger partial charge in [-0.05, 0) is 85.5 Å². The molecule has 438 valence electrons. The van der Waals surface area contributed by atoms with Crippen LogP contribution in [0, 0.1) is 17.8 Å². The van der Waals surface area contributed by atoms with Crippen molar-refractivity contribution in [2.75, 3.05) is 40.9 Å². The van der Waals surface area contributed by atoms with Crippen molar-refractivity contribution in [1.29, 1.82) is 0 Å². The van der Waals surface area contributed by atoms with Crippen molar-refractivity contribution in [1.82, 2.24) is 20.0 Å². The molecule has 0 saturated heterocycles.